The molecule has 0 aromatic heterocycles. The summed E-state index contributed by atoms with van der Waals surface area (Å²) in [6, 6.07) is 0. The lowest BCUT2D eigenvalue weighted by Gasteiger charge is -1.74. The summed E-state index contributed by atoms with van der Waals surface area (Å²) >= 11 is 7.27. The molecule has 0 nitrogen and oxygen atoms in total. The van der Waals surface area contributed by atoms with Crippen LogP contribution in [-0.2, 0) is 0 Å². The van der Waals surface area contributed by atoms with Crippen LogP contribution in [0.25, 0.3) is 0 Å². The minimum absolute atomic E-state index is 0. The summed E-state index contributed by atoms with van der Waals surface area (Å²) in [5, 5.41) is 2.85. The first-order chi connectivity index (χ1) is 4.15. The van der Waals surface area contributed by atoms with Crippen molar-refractivity contribution >= 4 is 67.9 Å². The highest BCUT2D eigenvalue weighted by Crippen LogP contribution is 1.78. The van der Waals surface area contributed by atoms with Gasteiger partial charge in [-0.25, -0.2) is 0 Å². The summed E-state index contributed by atoms with van der Waals surface area (Å²) in [6.45, 7) is 6.49. The van der Waals surface area contributed by atoms with Gasteiger partial charge in [0.25, 0.3) is 0 Å². The Kier molecular flexibility index (Phi) is 47.6. The molecule has 1 radical (unpaired) electrons. The standard InChI is InChI=1S/C2H4Cl.2C2H5.2Al.2ClH.2H/c1-2-3;2*1-2;;;;;;/h2H,1H3;2*1H2,2H3;;;2*1H;;. The molecule has 0 saturated carbocycles. The van der Waals surface area contributed by atoms with Crippen LogP contribution in [0.2, 0.25) is 10.6 Å². The molecular weight excluding hydrogens is 232 g/mol. The van der Waals surface area contributed by atoms with Gasteiger partial charge in [0.05, 0.1) is 0 Å². The van der Waals surface area contributed by atoms with E-state index in [1.165, 1.54) is 10.6 Å². The third-order valence-electron chi connectivity index (χ3n) is 0.577. The Hall–Kier alpha value is 1.93. The maximum absolute atomic E-state index is 5.34. The van der Waals surface area contributed by atoms with Crippen molar-refractivity contribution < 1.29 is 0 Å². The van der Waals surface area contributed by atoms with E-state index in [0.29, 0.717) is 4.24 Å². The van der Waals surface area contributed by atoms with Gasteiger partial charge in [0.2, 0.25) is 16.3 Å². The summed E-state index contributed by atoms with van der Waals surface area (Å²) in [6.07, 6.45) is 0. The molecular formula is C6H18Al2Cl3. The number of alkyl halides is 1. The van der Waals surface area contributed by atoms with Crippen LogP contribution in [0.4, 0.5) is 0 Å². The summed E-state index contributed by atoms with van der Waals surface area (Å²) in [5.41, 5.74) is 0. The Morgan fingerprint density at radius 1 is 1.27 bits per heavy atom. The zero-order chi connectivity index (χ0) is 7.70. The van der Waals surface area contributed by atoms with Crippen LogP contribution < -0.4 is 0 Å². The van der Waals surface area contributed by atoms with Gasteiger partial charge >= 0.3 is 0 Å². The van der Waals surface area contributed by atoms with Gasteiger partial charge in [-0.1, -0.05) is 20.8 Å². The normalized spacial score (nSPS) is 9.09. The van der Waals surface area contributed by atoms with Gasteiger partial charge in [0, 0.05) is 0 Å². The first-order valence-corrected chi connectivity index (χ1v) is 6.83. The van der Waals surface area contributed by atoms with E-state index in [1.54, 1.807) is 0 Å². The predicted octanol–water partition coefficient (Wildman–Crippen LogP) is 2.61. The molecule has 69 valence electrons. The molecule has 0 saturated heterocycles. The summed E-state index contributed by atoms with van der Waals surface area (Å²) < 4.78 is 0.444. The molecule has 0 heterocycles. The van der Waals surface area contributed by atoms with Crippen LogP contribution in [0.1, 0.15) is 20.8 Å². The Labute approximate surface area is 103 Å². The topological polar surface area (TPSA) is 0 Å². The van der Waals surface area contributed by atoms with Gasteiger partial charge in [0.15, 0.2) is 15.2 Å². The Balaban J connectivity index is -0.0000000383. The second-order valence-corrected chi connectivity index (χ2v) is 7.67. The molecule has 0 N–H and O–H groups in total. The van der Waals surface area contributed by atoms with Gasteiger partial charge in [-0.15, -0.1) is 47.0 Å². The van der Waals surface area contributed by atoms with Crippen LogP contribution in [-0.4, -0.2) is 35.7 Å². The molecule has 0 rings (SSSR count). The molecule has 0 bridgehead atoms. The quantitative estimate of drug-likeness (QED) is 0.522. The third-order valence-corrected chi connectivity index (χ3v) is 1.73. The zero-order valence-electron chi connectivity index (χ0n) is 7.76. The first kappa shape index (κ1) is 23.1. The van der Waals surface area contributed by atoms with Crippen molar-refractivity contribution in [3.63, 3.8) is 0 Å². The molecule has 0 spiro atoms. The van der Waals surface area contributed by atoms with E-state index < -0.39 is 0 Å². The molecule has 0 aliphatic carbocycles. The SMILES string of the molecule is C[CH2][Al][CH2]C.C[CH]([AlH2])Cl.Cl.Cl. The van der Waals surface area contributed by atoms with Crippen LogP contribution in [0.15, 0.2) is 0 Å². The summed E-state index contributed by atoms with van der Waals surface area (Å²) in [4.78, 5) is 0. The molecule has 0 aliphatic rings. The van der Waals surface area contributed by atoms with Crippen LogP contribution >= 0.6 is 36.4 Å². The highest BCUT2D eigenvalue weighted by molar-refractivity contribution is 6.40. The van der Waals surface area contributed by atoms with Gasteiger partial charge < -0.3 is 0 Å². The molecule has 0 amide bonds. The molecule has 0 aromatic rings. The lowest BCUT2D eigenvalue weighted by atomic mass is 10.9. The summed E-state index contributed by atoms with van der Waals surface area (Å²) in [5.74, 6) is 0. The Bertz CT molecular complexity index is 40.1. The molecule has 0 aliphatic heterocycles. The zero-order valence-corrected chi connectivity index (χ0v) is 13.3. The maximum Gasteiger partial charge on any atom is 0.240 e. The van der Waals surface area contributed by atoms with Crippen molar-refractivity contribution in [1.29, 1.82) is 0 Å². The Morgan fingerprint density at radius 2 is 1.45 bits per heavy atom. The van der Waals surface area contributed by atoms with Gasteiger partial charge in [-0.3, -0.25) is 0 Å². The smallest absolute Gasteiger partial charge is 0.147 e. The average Bonchev–Trinajstić information content (AvgIpc) is 1.66. The van der Waals surface area contributed by atoms with Crippen molar-refractivity contribution in [2.24, 2.45) is 0 Å². The van der Waals surface area contributed by atoms with Crippen molar-refractivity contribution in [1.82, 2.24) is 0 Å². The fourth-order valence-corrected chi connectivity index (χ4v) is 0.866. The minimum atomic E-state index is 0. The fraction of sp³-hybridized carbons (Fsp3) is 1.00. The molecule has 0 aromatic carbocycles. The average molecular weight is 251 g/mol. The third kappa shape index (κ3) is 76.1. The minimum Gasteiger partial charge on any atom is -0.147 e. The highest BCUT2D eigenvalue weighted by Gasteiger charge is 1.74. The molecule has 1 atom stereocenters. The largest absolute Gasteiger partial charge is 0.240 e. The monoisotopic (exact) mass is 249 g/mol. The van der Waals surface area contributed by atoms with Gasteiger partial charge in [-0.2, -0.15) is 0 Å². The van der Waals surface area contributed by atoms with E-state index >= 15 is 0 Å². The van der Waals surface area contributed by atoms with E-state index in [0.717, 1.165) is 31.5 Å². The lowest BCUT2D eigenvalue weighted by molar-refractivity contribution is 1.36. The molecule has 5 heteroatoms. The van der Waals surface area contributed by atoms with E-state index in [9.17, 15) is 0 Å². The number of rotatable bonds is 2. The Morgan fingerprint density at radius 3 is 1.45 bits per heavy atom. The summed E-state index contributed by atoms with van der Waals surface area (Å²) in [7, 11) is 0. The van der Waals surface area contributed by atoms with E-state index in [4.69, 9.17) is 11.6 Å². The van der Waals surface area contributed by atoms with Crippen molar-refractivity contribution in [3.8, 4) is 0 Å². The van der Waals surface area contributed by atoms with Gasteiger partial charge in [-0.05, 0) is 4.24 Å². The second-order valence-electron chi connectivity index (χ2n) is 2.12. The van der Waals surface area contributed by atoms with E-state index in [1.807, 2.05) is 6.92 Å². The van der Waals surface area contributed by atoms with Crippen LogP contribution in [0, 0.1) is 0 Å². The molecule has 1 unspecified atom stereocenters. The predicted molar refractivity (Wildman–Crippen MR) is 65.1 cm³/mol. The van der Waals surface area contributed by atoms with E-state index in [2.05, 4.69) is 13.8 Å². The molecule has 0 fully saturated rings. The highest BCUT2D eigenvalue weighted by atomic mass is 35.5. The maximum atomic E-state index is 5.34. The van der Waals surface area contributed by atoms with E-state index in [-0.39, 0.29) is 24.8 Å². The van der Waals surface area contributed by atoms with Gasteiger partial charge in [0.1, 0.15) is 0 Å². The van der Waals surface area contributed by atoms with Crippen molar-refractivity contribution in [2.75, 3.05) is 0 Å². The van der Waals surface area contributed by atoms with Crippen LogP contribution in [0.5, 0.6) is 0 Å². The molecule has 11 heavy (non-hydrogen) atoms. The number of hydrogen-bond acceptors (Lipinski definition) is 0. The fourth-order valence-electron chi connectivity index (χ4n) is 0.289. The van der Waals surface area contributed by atoms with Crippen molar-refractivity contribution in [3.05, 3.63) is 0 Å². The lowest BCUT2D eigenvalue weighted by Crippen LogP contribution is -1.81. The first-order valence-electron chi connectivity index (χ1n) is 3.60. The number of hydrogen-bond donors (Lipinski definition) is 0. The second kappa shape index (κ2) is 22.7. The van der Waals surface area contributed by atoms with Crippen molar-refractivity contribution in [2.45, 2.75) is 35.6 Å². The van der Waals surface area contributed by atoms with Crippen LogP contribution in [0.3, 0.4) is 0 Å². The number of halogens is 3.